The van der Waals surface area contributed by atoms with Crippen LogP contribution in [-0.2, 0) is 0 Å². The van der Waals surface area contributed by atoms with Crippen molar-refractivity contribution in [3.63, 3.8) is 0 Å². The minimum absolute atomic E-state index is 0.429. The van der Waals surface area contributed by atoms with Crippen molar-refractivity contribution in [1.82, 2.24) is 15.1 Å². The van der Waals surface area contributed by atoms with E-state index in [0.29, 0.717) is 19.6 Å². The Morgan fingerprint density at radius 3 is 2.18 bits per heavy atom. The van der Waals surface area contributed by atoms with E-state index in [1.165, 1.54) is 4.90 Å². The van der Waals surface area contributed by atoms with Gasteiger partial charge >= 0.3 is 6.18 Å². The van der Waals surface area contributed by atoms with Crippen LogP contribution in [0.4, 0.5) is 13.2 Å². The fourth-order valence-electron chi connectivity index (χ4n) is 1.48. The van der Waals surface area contributed by atoms with Crippen LogP contribution in [0, 0.1) is 0 Å². The molecule has 0 radical (unpaired) electrons. The Morgan fingerprint density at radius 2 is 1.71 bits per heavy atom. The van der Waals surface area contributed by atoms with E-state index < -0.39 is 12.7 Å². The second-order valence-electron chi connectivity index (χ2n) is 4.39. The van der Waals surface area contributed by atoms with Gasteiger partial charge in [-0.2, -0.15) is 13.2 Å². The van der Waals surface area contributed by atoms with Crippen molar-refractivity contribution >= 4 is 0 Å². The fraction of sp³-hybridized carbons (Fsp3) is 1.00. The van der Waals surface area contributed by atoms with Crippen LogP contribution in [0.2, 0.25) is 0 Å². The summed E-state index contributed by atoms with van der Waals surface area (Å²) in [5, 5.41) is 3.16. The number of hydrogen-bond donors (Lipinski definition) is 1. The summed E-state index contributed by atoms with van der Waals surface area (Å²) in [5.41, 5.74) is 0. The van der Waals surface area contributed by atoms with Gasteiger partial charge < -0.3 is 10.2 Å². The zero-order valence-electron chi connectivity index (χ0n) is 11.0. The first-order chi connectivity index (χ1) is 7.85. The summed E-state index contributed by atoms with van der Waals surface area (Å²) in [4.78, 5) is 3.49. The number of likely N-dealkylation sites (N-methyl/N-ethyl adjacent to an activating group) is 1. The molecule has 0 unspecified atom stereocenters. The first-order valence-corrected chi connectivity index (χ1v) is 5.99. The lowest BCUT2D eigenvalue weighted by atomic mass is 10.4. The molecule has 0 atom stereocenters. The molecule has 3 nitrogen and oxygen atoms in total. The minimum atomic E-state index is -4.10. The molecule has 0 saturated carbocycles. The van der Waals surface area contributed by atoms with E-state index in [9.17, 15) is 13.2 Å². The third-order valence-corrected chi connectivity index (χ3v) is 2.41. The zero-order chi connectivity index (χ0) is 13.3. The molecule has 0 aliphatic heterocycles. The molecule has 0 fully saturated rings. The van der Waals surface area contributed by atoms with Crippen LogP contribution in [0.3, 0.4) is 0 Å². The molecule has 0 amide bonds. The van der Waals surface area contributed by atoms with Crippen LogP contribution in [0.5, 0.6) is 0 Å². The molecule has 0 saturated heterocycles. The minimum Gasteiger partial charge on any atom is -0.315 e. The molecule has 0 aliphatic rings. The molecule has 0 heterocycles. The molecule has 0 rings (SSSR count). The van der Waals surface area contributed by atoms with Crippen molar-refractivity contribution in [2.45, 2.75) is 19.5 Å². The van der Waals surface area contributed by atoms with Crippen molar-refractivity contribution in [3.8, 4) is 0 Å². The van der Waals surface area contributed by atoms with Gasteiger partial charge in [0.15, 0.2) is 0 Å². The highest BCUT2D eigenvalue weighted by molar-refractivity contribution is 4.63. The van der Waals surface area contributed by atoms with Crippen LogP contribution >= 0.6 is 0 Å². The summed E-state index contributed by atoms with van der Waals surface area (Å²) in [6.07, 6.45) is -3.08. The van der Waals surface area contributed by atoms with E-state index >= 15 is 0 Å². The first-order valence-electron chi connectivity index (χ1n) is 5.99. The zero-order valence-corrected chi connectivity index (χ0v) is 11.0. The summed E-state index contributed by atoms with van der Waals surface area (Å²) in [5.74, 6) is 0. The Hall–Kier alpha value is -0.330. The van der Waals surface area contributed by atoms with E-state index in [0.717, 1.165) is 19.5 Å². The maximum atomic E-state index is 12.1. The van der Waals surface area contributed by atoms with Gasteiger partial charge in [-0.05, 0) is 40.2 Å². The van der Waals surface area contributed by atoms with E-state index in [2.05, 4.69) is 10.2 Å². The maximum Gasteiger partial charge on any atom is 0.401 e. The molecule has 1 N–H and O–H groups in total. The van der Waals surface area contributed by atoms with Crippen molar-refractivity contribution in [2.75, 3.05) is 53.4 Å². The third-order valence-electron chi connectivity index (χ3n) is 2.41. The van der Waals surface area contributed by atoms with Crippen molar-refractivity contribution < 1.29 is 13.2 Å². The van der Waals surface area contributed by atoms with Crippen molar-refractivity contribution in [1.29, 1.82) is 0 Å². The van der Waals surface area contributed by atoms with Gasteiger partial charge in [-0.3, -0.25) is 4.90 Å². The SMILES string of the molecule is CCN(CCNCCCN(C)C)CC(F)(F)F. The van der Waals surface area contributed by atoms with Crippen LogP contribution in [0.25, 0.3) is 0 Å². The third kappa shape index (κ3) is 11.9. The molecule has 0 aromatic carbocycles. The first kappa shape index (κ1) is 16.7. The van der Waals surface area contributed by atoms with Gasteiger partial charge in [-0.25, -0.2) is 0 Å². The Balaban J connectivity index is 3.50. The predicted octanol–water partition coefficient (Wildman–Crippen LogP) is 1.41. The average molecular weight is 255 g/mol. The molecule has 0 bridgehead atoms. The largest absolute Gasteiger partial charge is 0.401 e. The molecule has 0 aromatic rings. The average Bonchev–Trinajstić information content (AvgIpc) is 2.19. The number of nitrogens with zero attached hydrogens (tertiary/aromatic N) is 2. The van der Waals surface area contributed by atoms with E-state index in [-0.39, 0.29) is 0 Å². The highest BCUT2D eigenvalue weighted by Crippen LogP contribution is 2.15. The van der Waals surface area contributed by atoms with E-state index in [1.807, 2.05) is 14.1 Å². The molecular weight excluding hydrogens is 231 g/mol. The molecule has 104 valence electrons. The van der Waals surface area contributed by atoms with Crippen LogP contribution in [0.1, 0.15) is 13.3 Å². The van der Waals surface area contributed by atoms with Crippen LogP contribution in [-0.4, -0.2) is 69.3 Å². The Labute approximate surface area is 102 Å². The van der Waals surface area contributed by atoms with E-state index in [4.69, 9.17) is 0 Å². The van der Waals surface area contributed by atoms with E-state index in [1.54, 1.807) is 6.92 Å². The van der Waals surface area contributed by atoms with Crippen molar-refractivity contribution in [2.24, 2.45) is 0 Å². The monoisotopic (exact) mass is 255 g/mol. The standard InChI is InChI=1S/C11H24F3N3/c1-4-17(10-11(12,13)14)9-7-15-6-5-8-16(2)3/h15H,4-10H2,1-3H3. The number of halogens is 3. The van der Waals surface area contributed by atoms with Crippen molar-refractivity contribution in [3.05, 3.63) is 0 Å². The van der Waals surface area contributed by atoms with Crippen LogP contribution < -0.4 is 5.32 Å². The van der Waals surface area contributed by atoms with Gasteiger partial charge in [0.05, 0.1) is 6.54 Å². The van der Waals surface area contributed by atoms with Gasteiger partial charge in [0.1, 0.15) is 0 Å². The number of nitrogens with one attached hydrogen (secondary N) is 1. The normalized spacial score (nSPS) is 12.7. The highest BCUT2D eigenvalue weighted by Gasteiger charge is 2.29. The maximum absolute atomic E-state index is 12.1. The molecule has 0 aliphatic carbocycles. The molecular formula is C11H24F3N3. The molecule has 0 spiro atoms. The second kappa shape index (κ2) is 8.72. The van der Waals surface area contributed by atoms with Gasteiger partial charge in [0.2, 0.25) is 0 Å². The summed E-state index contributed by atoms with van der Waals surface area (Å²) in [6.45, 7) is 4.25. The molecule has 6 heteroatoms. The second-order valence-corrected chi connectivity index (χ2v) is 4.39. The van der Waals surface area contributed by atoms with Gasteiger partial charge in [-0.15, -0.1) is 0 Å². The number of hydrogen-bond acceptors (Lipinski definition) is 3. The smallest absolute Gasteiger partial charge is 0.315 e. The Kier molecular flexibility index (Phi) is 8.55. The lowest BCUT2D eigenvalue weighted by Gasteiger charge is -2.22. The van der Waals surface area contributed by atoms with Gasteiger partial charge in [0.25, 0.3) is 0 Å². The van der Waals surface area contributed by atoms with Gasteiger partial charge in [-0.1, -0.05) is 6.92 Å². The summed E-state index contributed by atoms with van der Waals surface area (Å²) in [6, 6.07) is 0. The summed E-state index contributed by atoms with van der Waals surface area (Å²) < 4.78 is 36.4. The Morgan fingerprint density at radius 1 is 1.06 bits per heavy atom. The summed E-state index contributed by atoms with van der Waals surface area (Å²) in [7, 11) is 4.00. The predicted molar refractivity (Wildman–Crippen MR) is 64.2 cm³/mol. The molecule has 17 heavy (non-hydrogen) atoms. The highest BCUT2D eigenvalue weighted by atomic mass is 19.4. The number of alkyl halides is 3. The Bertz CT molecular complexity index is 183. The quantitative estimate of drug-likeness (QED) is 0.629. The van der Waals surface area contributed by atoms with Gasteiger partial charge in [0, 0.05) is 13.1 Å². The topological polar surface area (TPSA) is 18.5 Å². The fourth-order valence-corrected chi connectivity index (χ4v) is 1.48. The summed E-state index contributed by atoms with van der Waals surface area (Å²) >= 11 is 0. The lowest BCUT2D eigenvalue weighted by Crippen LogP contribution is -2.38. The molecule has 0 aromatic heterocycles. The number of rotatable bonds is 9. The lowest BCUT2D eigenvalue weighted by molar-refractivity contribution is -0.145. The van der Waals surface area contributed by atoms with Crippen LogP contribution in [0.15, 0.2) is 0 Å².